The average Bonchev–Trinajstić information content (AvgIpc) is 3.43. The number of benzene rings is 2. The fourth-order valence-electron chi connectivity index (χ4n) is 4.15. The molecular formula is C24H21N7O3S. The van der Waals surface area contributed by atoms with Gasteiger partial charge in [0.05, 0.1) is 6.54 Å². The summed E-state index contributed by atoms with van der Waals surface area (Å²) in [6.45, 7) is -0.0257. The number of carbonyl (C=O) groups excluding carboxylic acids is 2. The first-order chi connectivity index (χ1) is 17.2. The molecule has 0 saturated carbocycles. The molecule has 2 atom stereocenters. The third-order valence-corrected chi connectivity index (χ3v) is 7.13. The van der Waals surface area contributed by atoms with Gasteiger partial charge < -0.3 is 15.0 Å². The molecule has 35 heavy (non-hydrogen) atoms. The molecule has 0 spiro atoms. The van der Waals surface area contributed by atoms with E-state index in [0.29, 0.717) is 17.3 Å². The van der Waals surface area contributed by atoms with E-state index in [1.807, 2.05) is 60.7 Å². The van der Waals surface area contributed by atoms with Crippen molar-refractivity contribution < 1.29 is 14.3 Å². The van der Waals surface area contributed by atoms with Crippen LogP contribution in [0, 0.1) is 0 Å². The van der Waals surface area contributed by atoms with Gasteiger partial charge in [0.15, 0.2) is 6.10 Å². The number of thioether (sulfide) groups is 1. The number of nitrogens with one attached hydrogen (secondary N) is 2. The standard InChI is InChI=1S/C24H21N7O3S/c25-30-28-13-17-14-35-22-18(29-24-26-11-12-27-24)21(32)31(22)19(17)23(33)34-20(15-7-3-1-4-8-15)16-9-5-2-6-10-16/h1-12,18,20,22H,13-14H2,(H2,26,27,29)/t18?,22-/m1/s1. The molecule has 2 aliphatic heterocycles. The van der Waals surface area contributed by atoms with Gasteiger partial charge in [-0.2, -0.15) is 0 Å². The number of carbonyl (C=O) groups is 2. The topological polar surface area (TPSA) is 136 Å². The third-order valence-electron chi connectivity index (χ3n) is 5.79. The summed E-state index contributed by atoms with van der Waals surface area (Å²) in [6.07, 6.45) is 2.58. The van der Waals surface area contributed by atoms with Crippen molar-refractivity contribution >= 4 is 29.6 Å². The molecule has 5 rings (SSSR count). The molecule has 0 bridgehead atoms. The Morgan fingerprint density at radius 1 is 1.23 bits per heavy atom. The maximum Gasteiger partial charge on any atom is 0.356 e. The van der Waals surface area contributed by atoms with Crippen LogP contribution in [0.2, 0.25) is 0 Å². The zero-order valence-corrected chi connectivity index (χ0v) is 19.3. The molecular weight excluding hydrogens is 466 g/mol. The van der Waals surface area contributed by atoms with Crippen LogP contribution in [-0.4, -0.2) is 50.5 Å². The first-order valence-electron chi connectivity index (χ1n) is 10.9. The Kier molecular flexibility index (Phi) is 6.42. The van der Waals surface area contributed by atoms with Gasteiger partial charge in [0.25, 0.3) is 5.91 Å². The Morgan fingerprint density at radius 2 is 1.91 bits per heavy atom. The molecule has 10 nitrogen and oxygen atoms in total. The lowest BCUT2D eigenvalue weighted by molar-refractivity contribution is -0.152. The SMILES string of the molecule is [N-]=[N+]=NCC1=C(C(=O)OC(c2ccccc2)c2ccccc2)N2C(=O)C(Nc3ncc[nH]3)[C@H]2SC1. The molecule has 1 aromatic heterocycles. The molecule has 176 valence electrons. The van der Waals surface area contributed by atoms with Gasteiger partial charge in [0.1, 0.15) is 17.1 Å². The van der Waals surface area contributed by atoms with E-state index in [0.717, 1.165) is 11.1 Å². The number of ether oxygens (including phenoxy) is 1. The van der Waals surface area contributed by atoms with Crippen LogP contribution in [0.5, 0.6) is 0 Å². The number of azide groups is 1. The Bertz CT molecular complexity index is 1250. The molecule has 1 amide bonds. The summed E-state index contributed by atoms with van der Waals surface area (Å²) in [4.78, 5) is 38.1. The second-order valence-electron chi connectivity index (χ2n) is 7.92. The molecule has 1 unspecified atom stereocenters. The minimum atomic E-state index is -0.667. The van der Waals surface area contributed by atoms with Crippen LogP contribution < -0.4 is 5.32 Å². The number of rotatable bonds is 8. The molecule has 2 aromatic carbocycles. The summed E-state index contributed by atoms with van der Waals surface area (Å²) in [5, 5.41) is 6.40. The summed E-state index contributed by atoms with van der Waals surface area (Å²) in [5.74, 6) is -0.0130. The molecule has 0 aliphatic carbocycles. The van der Waals surface area contributed by atoms with Crippen LogP contribution in [-0.2, 0) is 14.3 Å². The van der Waals surface area contributed by atoms with E-state index in [4.69, 9.17) is 10.3 Å². The van der Waals surface area contributed by atoms with E-state index in [-0.39, 0.29) is 23.5 Å². The van der Waals surface area contributed by atoms with Crippen molar-refractivity contribution in [3.63, 3.8) is 0 Å². The Labute approximate surface area is 205 Å². The smallest absolute Gasteiger partial charge is 0.356 e. The lowest BCUT2D eigenvalue weighted by Crippen LogP contribution is -2.67. The van der Waals surface area contributed by atoms with Crippen LogP contribution in [0.25, 0.3) is 10.4 Å². The molecule has 1 fully saturated rings. The first-order valence-corrected chi connectivity index (χ1v) is 12.0. The van der Waals surface area contributed by atoms with Crippen molar-refractivity contribution in [3.8, 4) is 0 Å². The largest absolute Gasteiger partial charge is 0.448 e. The number of amides is 1. The summed E-state index contributed by atoms with van der Waals surface area (Å²) in [7, 11) is 0. The predicted octanol–water partition coefficient (Wildman–Crippen LogP) is 4.00. The number of hydrogen-bond donors (Lipinski definition) is 2. The van der Waals surface area contributed by atoms with E-state index in [2.05, 4.69) is 25.3 Å². The number of anilines is 1. The van der Waals surface area contributed by atoms with Gasteiger partial charge in [-0.25, -0.2) is 9.78 Å². The molecule has 3 aromatic rings. The normalized spacial score (nSPS) is 19.0. The van der Waals surface area contributed by atoms with Gasteiger partial charge in [-0.3, -0.25) is 9.69 Å². The Balaban J connectivity index is 1.46. The van der Waals surface area contributed by atoms with E-state index in [1.54, 1.807) is 12.4 Å². The quantitative estimate of drug-likeness (QED) is 0.162. The fraction of sp³-hybridized carbons (Fsp3) is 0.208. The van der Waals surface area contributed by atoms with E-state index in [9.17, 15) is 9.59 Å². The van der Waals surface area contributed by atoms with Crippen LogP contribution >= 0.6 is 11.8 Å². The van der Waals surface area contributed by atoms with Gasteiger partial charge in [-0.15, -0.1) is 11.8 Å². The zero-order chi connectivity index (χ0) is 24.2. The number of esters is 1. The number of nitrogens with zero attached hydrogens (tertiary/aromatic N) is 5. The molecule has 2 aliphatic rings. The van der Waals surface area contributed by atoms with E-state index >= 15 is 0 Å². The number of imidazole rings is 1. The average molecular weight is 488 g/mol. The summed E-state index contributed by atoms with van der Waals surface area (Å²) >= 11 is 1.49. The van der Waals surface area contributed by atoms with Crippen molar-refractivity contribution in [1.82, 2.24) is 14.9 Å². The zero-order valence-electron chi connectivity index (χ0n) is 18.4. The van der Waals surface area contributed by atoms with Crippen LogP contribution in [0.15, 0.2) is 89.4 Å². The van der Waals surface area contributed by atoms with Crippen LogP contribution in [0.4, 0.5) is 5.95 Å². The number of hydrogen-bond acceptors (Lipinski definition) is 7. The van der Waals surface area contributed by atoms with Crippen molar-refractivity contribution in [3.05, 3.63) is 106 Å². The lowest BCUT2D eigenvalue weighted by atomic mass is 10.0. The highest BCUT2D eigenvalue weighted by Gasteiger charge is 2.54. The monoisotopic (exact) mass is 487 g/mol. The maximum atomic E-state index is 13.6. The van der Waals surface area contributed by atoms with E-state index in [1.165, 1.54) is 16.7 Å². The third kappa shape index (κ3) is 4.46. The summed E-state index contributed by atoms with van der Waals surface area (Å²) in [5.41, 5.74) is 11.1. The predicted molar refractivity (Wildman–Crippen MR) is 131 cm³/mol. The minimum Gasteiger partial charge on any atom is -0.448 e. The molecule has 2 N–H and O–H groups in total. The molecule has 0 radical (unpaired) electrons. The van der Waals surface area contributed by atoms with Crippen molar-refractivity contribution in [2.75, 3.05) is 17.6 Å². The van der Waals surface area contributed by atoms with Crippen molar-refractivity contribution in [2.24, 2.45) is 5.11 Å². The van der Waals surface area contributed by atoms with Gasteiger partial charge in [0, 0.05) is 23.1 Å². The highest BCUT2D eigenvalue weighted by molar-refractivity contribution is 8.00. The van der Waals surface area contributed by atoms with E-state index < -0.39 is 18.1 Å². The summed E-state index contributed by atoms with van der Waals surface area (Å²) < 4.78 is 6.04. The number of aromatic nitrogens is 2. The molecule has 1 saturated heterocycles. The van der Waals surface area contributed by atoms with Gasteiger partial charge in [0.2, 0.25) is 5.95 Å². The molecule has 11 heteroatoms. The van der Waals surface area contributed by atoms with Gasteiger partial charge >= 0.3 is 5.97 Å². The first kappa shape index (κ1) is 22.6. The number of fused-ring (bicyclic) bond motifs is 1. The highest BCUT2D eigenvalue weighted by Crippen LogP contribution is 2.42. The number of aromatic amines is 1. The molecule has 3 heterocycles. The van der Waals surface area contributed by atoms with Gasteiger partial charge in [-0.05, 0) is 22.2 Å². The Hall–Kier alpha value is -4.21. The highest BCUT2D eigenvalue weighted by atomic mass is 32.2. The maximum absolute atomic E-state index is 13.6. The summed E-state index contributed by atoms with van der Waals surface area (Å²) in [6, 6.07) is 18.3. The van der Waals surface area contributed by atoms with Crippen molar-refractivity contribution in [2.45, 2.75) is 17.5 Å². The second-order valence-corrected chi connectivity index (χ2v) is 9.02. The van der Waals surface area contributed by atoms with Crippen LogP contribution in [0.1, 0.15) is 17.2 Å². The Morgan fingerprint density at radius 3 is 2.51 bits per heavy atom. The lowest BCUT2D eigenvalue weighted by Gasteiger charge is -2.49. The van der Waals surface area contributed by atoms with Gasteiger partial charge in [-0.1, -0.05) is 65.8 Å². The number of H-pyrrole nitrogens is 1. The fourth-order valence-corrected chi connectivity index (χ4v) is 5.48. The van der Waals surface area contributed by atoms with Crippen molar-refractivity contribution in [1.29, 1.82) is 0 Å². The second kappa shape index (κ2) is 9.96. The van der Waals surface area contributed by atoms with Crippen LogP contribution in [0.3, 0.4) is 0 Å². The number of β-lactam (4-membered cyclic amide) rings is 1. The minimum absolute atomic E-state index is 0.0257.